The fourth-order valence-electron chi connectivity index (χ4n) is 2.67. The zero-order valence-corrected chi connectivity index (χ0v) is 18.0. The molecule has 1 aromatic carbocycles. The largest absolute Gasteiger partial charge is 0.462 e. The number of non-ortho nitro benzene ring substituents is 1. The molecule has 0 aliphatic carbocycles. The van der Waals surface area contributed by atoms with Crippen LogP contribution in [-0.4, -0.2) is 36.0 Å². The number of nitrogens with zero attached hydrogens (tertiary/aromatic N) is 1. The number of hydrogen-bond donors (Lipinski definition) is 1. The van der Waals surface area contributed by atoms with Crippen LogP contribution in [0, 0.1) is 17.0 Å². The van der Waals surface area contributed by atoms with Crippen molar-refractivity contribution in [2.45, 2.75) is 27.2 Å². The van der Waals surface area contributed by atoms with Crippen LogP contribution in [0.15, 0.2) is 18.2 Å². The Morgan fingerprint density at radius 1 is 1.20 bits per heavy atom. The number of benzene rings is 1. The van der Waals surface area contributed by atoms with Crippen molar-refractivity contribution in [3.8, 4) is 0 Å². The van der Waals surface area contributed by atoms with E-state index in [1.807, 2.05) is 13.8 Å². The first kappa shape index (κ1) is 23.3. The van der Waals surface area contributed by atoms with Gasteiger partial charge in [0.25, 0.3) is 11.6 Å². The normalized spacial score (nSPS) is 10.4. The number of esters is 2. The molecular formula is C19H19ClN2O7S. The van der Waals surface area contributed by atoms with Crippen molar-refractivity contribution in [1.82, 2.24) is 0 Å². The Bertz CT molecular complexity index is 1000. The third-order valence-corrected chi connectivity index (χ3v) is 5.40. The standard InChI is InChI=1S/C19H19ClN2O7S/c1-4-12-10(3)30-17(16(12)19(25)28-5-2)21-15(23)9-29-18(24)13-8-11(22(26)27)6-7-14(13)20/h6-8H,4-5,9H2,1-3H3,(H,21,23). The molecule has 0 atom stereocenters. The lowest BCUT2D eigenvalue weighted by atomic mass is 10.1. The number of nitro groups is 1. The van der Waals surface area contributed by atoms with Gasteiger partial charge >= 0.3 is 11.9 Å². The summed E-state index contributed by atoms with van der Waals surface area (Å²) in [6.45, 7) is 4.91. The number of ether oxygens (including phenoxy) is 2. The minimum atomic E-state index is -0.985. The molecule has 11 heteroatoms. The minimum Gasteiger partial charge on any atom is -0.462 e. The van der Waals surface area contributed by atoms with Crippen molar-refractivity contribution in [1.29, 1.82) is 0 Å². The molecular weight excluding hydrogens is 436 g/mol. The fourth-order valence-corrected chi connectivity index (χ4v) is 4.01. The number of anilines is 1. The van der Waals surface area contributed by atoms with Gasteiger partial charge in [0.2, 0.25) is 0 Å². The van der Waals surface area contributed by atoms with Crippen LogP contribution in [0.1, 0.15) is 45.0 Å². The van der Waals surface area contributed by atoms with Crippen LogP contribution in [0.25, 0.3) is 0 Å². The average molecular weight is 455 g/mol. The Labute approximate surface area is 181 Å². The summed E-state index contributed by atoms with van der Waals surface area (Å²) in [5, 5.41) is 13.7. The van der Waals surface area contributed by atoms with Crippen LogP contribution < -0.4 is 5.32 Å². The van der Waals surface area contributed by atoms with E-state index in [-0.39, 0.29) is 28.4 Å². The van der Waals surface area contributed by atoms with E-state index < -0.39 is 29.4 Å². The molecule has 0 spiro atoms. The summed E-state index contributed by atoms with van der Waals surface area (Å²) >= 11 is 7.11. The highest BCUT2D eigenvalue weighted by Crippen LogP contribution is 2.34. The molecule has 1 N–H and O–H groups in total. The Balaban J connectivity index is 2.12. The quantitative estimate of drug-likeness (QED) is 0.360. The molecule has 1 aromatic heterocycles. The SMILES string of the molecule is CCOC(=O)c1c(NC(=O)COC(=O)c2cc([N+](=O)[O-])ccc2Cl)sc(C)c1CC. The molecule has 2 aromatic rings. The Morgan fingerprint density at radius 2 is 1.90 bits per heavy atom. The molecule has 1 heterocycles. The van der Waals surface area contributed by atoms with Gasteiger partial charge in [-0.2, -0.15) is 0 Å². The number of carbonyl (C=O) groups is 3. The smallest absolute Gasteiger partial charge is 0.341 e. The van der Waals surface area contributed by atoms with E-state index in [0.29, 0.717) is 11.4 Å². The number of aryl methyl sites for hydroxylation is 1. The summed E-state index contributed by atoms with van der Waals surface area (Å²) < 4.78 is 9.99. The molecule has 160 valence electrons. The highest BCUT2D eigenvalue weighted by molar-refractivity contribution is 7.16. The van der Waals surface area contributed by atoms with E-state index in [0.717, 1.165) is 22.6 Å². The first-order chi connectivity index (χ1) is 14.2. The number of nitrogens with one attached hydrogen (secondary N) is 1. The number of halogens is 1. The van der Waals surface area contributed by atoms with Gasteiger partial charge in [-0.05, 0) is 31.9 Å². The minimum absolute atomic E-state index is 0.0444. The number of rotatable bonds is 8. The van der Waals surface area contributed by atoms with E-state index in [9.17, 15) is 24.5 Å². The highest BCUT2D eigenvalue weighted by atomic mass is 35.5. The maximum atomic E-state index is 12.3. The summed E-state index contributed by atoms with van der Waals surface area (Å²) in [4.78, 5) is 47.8. The van der Waals surface area contributed by atoms with E-state index in [2.05, 4.69) is 5.32 Å². The third kappa shape index (κ3) is 5.33. The van der Waals surface area contributed by atoms with Gasteiger partial charge in [0.1, 0.15) is 5.00 Å². The van der Waals surface area contributed by atoms with Crippen LogP contribution in [0.5, 0.6) is 0 Å². The lowest BCUT2D eigenvalue weighted by molar-refractivity contribution is -0.384. The van der Waals surface area contributed by atoms with Crippen molar-refractivity contribution < 1.29 is 28.8 Å². The molecule has 0 radical (unpaired) electrons. The van der Waals surface area contributed by atoms with Gasteiger partial charge in [-0.15, -0.1) is 11.3 Å². The van der Waals surface area contributed by atoms with Crippen molar-refractivity contribution in [3.05, 3.63) is 54.9 Å². The molecule has 0 fully saturated rings. The molecule has 9 nitrogen and oxygen atoms in total. The van der Waals surface area contributed by atoms with Crippen LogP contribution >= 0.6 is 22.9 Å². The maximum Gasteiger partial charge on any atom is 0.341 e. The lowest BCUT2D eigenvalue weighted by Crippen LogP contribution is -2.22. The second-order valence-electron chi connectivity index (χ2n) is 5.96. The molecule has 0 aliphatic rings. The summed E-state index contributed by atoms with van der Waals surface area (Å²) in [7, 11) is 0. The number of nitro benzene ring substituents is 1. The monoisotopic (exact) mass is 454 g/mol. The molecule has 0 saturated carbocycles. The maximum absolute atomic E-state index is 12.3. The highest BCUT2D eigenvalue weighted by Gasteiger charge is 2.24. The molecule has 0 saturated heterocycles. The molecule has 0 bridgehead atoms. The van der Waals surface area contributed by atoms with Gasteiger partial charge in [0, 0.05) is 17.0 Å². The van der Waals surface area contributed by atoms with E-state index in [1.165, 1.54) is 17.4 Å². The number of carbonyl (C=O) groups excluding carboxylic acids is 3. The first-order valence-corrected chi connectivity index (χ1v) is 10.1. The number of thiophene rings is 1. The van der Waals surface area contributed by atoms with Gasteiger partial charge in [-0.25, -0.2) is 9.59 Å². The summed E-state index contributed by atoms with van der Waals surface area (Å²) in [6.07, 6.45) is 0.576. The Morgan fingerprint density at radius 3 is 2.50 bits per heavy atom. The molecule has 2 rings (SSSR count). The van der Waals surface area contributed by atoms with Gasteiger partial charge < -0.3 is 14.8 Å². The van der Waals surface area contributed by atoms with E-state index >= 15 is 0 Å². The van der Waals surface area contributed by atoms with Crippen LogP contribution in [0.3, 0.4) is 0 Å². The summed E-state index contributed by atoms with van der Waals surface area (Å²) in [6, 6.07) is 3.31. The van der Waals surface area contributed by atoms with Crippen molar-refractivity contribution >= 4 is 51.5 Å². The van der Waals surface area contributed by atoms with Crippen LogP contribution in [0.2, 0.25) is 5.02 Å². The van der Waals surface area contributed by atoms with Gasteiger partial charge in [0.15, 0.2) is 6.61 Å². The topological polar surface area (TPSA) is 125 Å². The van der Waals surface area contributed by atoms with Gasteiger partial charge in [-0.1, -0.05) is 18.5 Å². The fraction of sp³-hybridized carbons (Fsp3) is 0.316. The van der Waals surface area contributed by atoms with Crippen molar-refractivity contribution in [3.63, 3.8) is 0 Å². The predicted octanol–water partition coefficient (Wildman–Crippen LogP) is 4.15. The van der Waals surface area contributed by atoms with Crippen LogP contribution in [-0.2, 0) is 20.7 Å². The third-order valence-electron chi connectivity index (χ3n) is 4.01. The predicted molar refractivity (Wildman–Crippen MR) is 111 cm³/mol. The van der Waals surface area contributed by atoms with Crippen LogP contribution in [0.4, 0.5) is 10.7 Å². The molecule has 1 amide bonds. The Hall–Kier alpha value is -2.98. The molecule has 0 aliphatic heterocycles. The average Bonchev–Trinajstić information content (AvgIpc) is 3.01. The zero-order chi connectivity index (χ0) is 22.4. The summed E-state index contributed by atoms with van der Waals surface area (Å²) in [5.41, 5.74) is 0.486. The molecule has 30 heavy (non-hydrogen) atoms. The zero-order valence-electron chi connectivity index (χ0n) is 16.4. The number of amides is 1. The van der Waals surface area contributed by atoms with Gasteiger partial charge in [0.05, 0.1) is 27.7 Å². The lowest BCUT2D eigenvalue weighted by Gasteiger charge is -2.09. The van der Waals surface area contributed by atoms with E-state index in [4.69, 9.17) is 21.1 Å². The van der Waals surface area contributed by atoms with Gasteiger partial charge in [-0.3, -0.25) is 14.9 Å². The first-order valence-electron chi connectivity index (χ1n) is 8.89. The second kappa shape index (κ2) is 10.2. The van der Waals surface area contributed by atoms with Crippen molar-refractivity contribution in [2.75, 3.05) is 18.5 Å². The molecule has 0 unspecified atom stereocenters. The Kier molecular flexibility index (Phi) is 7.90. The summed E-state index contributed by atoms with van der Waals surface area (Å²) in [5.74, 6) is -2.21. The second-order valence-corrected chi connectivity index (χ2v) is 7.59. The van der Waals surface area contributed by atoms with E-state index in [1.54, 1.807) is 6.92 Å². The van der Waals surface area contributed by atoms with Crippen molar-refractivity contribution in [2.24, 2.45) is 0 Å². The number of hydrogen-bond acceptors (Lipinski definition) is 8.